The van der Waals surface area contributed by atoms with Crippen molar-refractivity contribution in [2.24, 2.45) is 0 Å². The molecule has 0 aromatic carbocycles. The summed E-state index contributed by atoms with van der Waals surface area (Å²) in [5, 5.41) is 8.35. The van der Waals surface area contributed by atoms with Gasteiger partial charge in [-0.15, -0.1) is 0 Å². The molecule has 0 N–H and O–H groups in total. The number of alkyl halides is 3. The van der Waals surface area contributed by atoms with E-state index in [1.165, 1.54) is 0 Å². The number of nitriles is 1. The Bertz CT molecular complexity index is 169. The van der Waals surface area contributed by atoms with Crippen LogP contribution in [0.3, 0.4) is 0 Å². The number of hydrogen-bond donors (Lipinski definition) is 0. The summed E-state index contributed by atoms with van der Waals surface area (Å²) in [5.41, 5.74) is 0. The lowest BCUT2D eigenvalue weighted by Crippen LogP contribution is -2.18. The summed E-state index contributed by atoms with van der Waals surface area (Å²) >= 11 is 16.4. The van der Waals surface area contributed by atoms with Crippen LogP contribution < -0.4 is 0 Å². The molecule has 2 nitrogen and oxygen atoms in total. The smallest absolute Gasteiger partial charge is 0.203 e. The molecule has 1 saturated heterocycles. The Hall–Kier alpha value is 0.320. The van der Waals surface area contributed by atoms with E-state index in [9.17, 15) is 0 Å². The van der Waals surface area contributed by atoms with Crippen LogP contribution in [0.25, 0.3) is 0 Å². The fourth-order valence-electron chi connectivity index (χ4n) is 0.702. The molecule has 5 heteroatoms. The SMILES string of the molecule is N#CC1CN1CC(Cl)(Cl)Cl. The second-order valence-corrected chi connectivity index (χ2v) is 4.71. The van der Waals surface area contributed by atoms with Gasteiger partial charge in [-0.2, -0.15) is 5.26 Å². The van der Waals surface area contributed by atoms with Gasteiger partial charge < -0.3 is 0 Å². The third-order valence-corrected chi connectivity index (χ3v) is 1.60. The first kappa shape index (κ1) is 8.42. The number of nitrogens with zero attached hydrogens (tertiary/aromatic N) is 2. The second-order valence-electron chi connectivity index (χ2n) is 2.19. The molecule has 56 valence electrons. The molecule has 2 atom stereocenters. The molecule has 0 radical (unpaired) electrons. The minimum Gasteiger partial charge on any atom is -0.280 e. The molecule has 2 unspecified atom stereocenters. The van der Waals surface area contributed by atoms with Crippen molar-refractivity contribution in [1.29, 1.82) is 5.26 Å². The summed E-state index contributed by atoms with van der Waals surface area (Å²) in [7, 11) is 0. The van der Waals surface area contributed by atoms with Crippen LogP contribution in [-0.4, -0.2) is 27.8 Å². The molecule has 1 aliphatic rings. The van der Waals surface area contributed by atoms with Crippen molar-refractivity contribution in [3.63, 3.8) is 0 Å². The van der Waals surface area contributed by atoms with Crippen LogP contribution in [0.2, 0.25) is 0 Å². The highest BCUT2D eigenvalue weighted by Gasteiger charge is 2.39. The van der Waals surface area contributed by atoms with Gasteiger partial charge in [0.15, 0.2) is 0 Å². The summed E-state index contributed by atoms with van der Waals surface area (Å²) in [4.78, 5) is 1.80. The Labute approximate surface area is 74.3 Å². The summed E-state index contributed by atoms with van der Waals surface area (Å²) in [6, 6.07) is 2.03. The van der Waals surface area contributed by atoms with Crippen LogP contribution in [0.4, 0.5) is 0 Å². The molecule has 1 rings (SSSR count). The normalized spacial score (nSPS) is 31.4. The predicted octanol–water partition coefficient (Wildman–Crippen LogP) is 1.56. The first-order valence-electron chi connectivity index (χ1n) is 2.73. The van der Waals surface area contributed by atoms with E-state index in [1.807, 2.05) is 0 Å². The molecule has 0 amide bonds. The lowest BCUT2D eigenvalue weighted by atomic mass is 10.5. The predicted molar refractivity (Wildman–Crippen MR) is 41.3 cm³/mol. The van der Waals surface area contributed by atoms with E-state index < -0.39 is 3.79 Å². The Balaban J connectivity index is 2.26. The number of halogens is 3. The van der Waals surface area contributed by atoms with Gasteiger partial charge in [-0.05, 0) is 0 Å². The summed E-state index contributed by atoms with van der Waals surface area (Å²) < 4.78 is -1.24. The van der Waals surface area contributed by atoms with E-state index in [0.717, 1.165) is 6.54 Å². The molecule has 0 saturated carbocycles. The lowest BCUT2D eigenvalue weighted by Gasteiger charge is -2.09. The van der Waals surface area contributed by atoms with Crippen LogP contribution >= 0.6 is 34.8 Å². The van der Waals surface area contributed by atoms with Crippen LogP contribution in [0, 0.1) is 11.3 Å². The minimum absolute atomic E-state index is 0.0318. The van der Waals surface area contributed by atoms with Crippen molar-refractivity contribution in [3.8, 4) is 6.07 Å². The highest BCUT2D eigenvalue weighted by Crippen LogP contribution is 2.31. The summed E-state index contributed by atoms with van der Waals surface area (Å²) in [6.45, 7) is 1.07. The fourth-order valence-corrected chi connectivity index (χ4v) is 1.16. The van der Waals surface area contributed by atoms with Crippen molar-refractivity contribution in [2.75, 3.05) is 13.1 Å². The Kier molecular flexibility index (Phi) is 2.31. The molecule has 1 fully saturated rings. The Morgan fingerprint density at radius 2 is 2.20 bits per heavy atom. The zero-order valence-electron chi connectivity index (χ0n) is 5.02. The average molecular weight is 199 g/mol. The van der Waals surface area contributed by atoms with Gasteiger partial charge in [0.2, 0.25) is 3.79 Å². The van der Waals surface area contributed by atoms with Crippen LogP contribution in [0.5, 0.6) is 0 Å². The zero-order valence-corrected chi connectivity index (χ0v) is 7.29. The van der Waals surface area contributed by atoms with Crippen molar-refractivity contribution in [1.82, 2.24) is 4.90 Å². The van der Waals surface area contributed by atoms with E-state index in [-0.39, 0.29) is 6.04 Å². The van der Waals surface area contributed by atoms with Gasteiger partial charge in [-0.1, -0.05) is 34.8 Å². The minimum atomic E-state index is -1.24. The molecular formula is C5H5Cl3N2. The molecule has 0 aromatic rings. The second kappa shape index (κ2) is 2.75. The van der Waals surface area contributed by atoms with Gasteiger partial charge in [-0.3, -0.25) is 4.90 Å². The van der Waals surface area contributed by atoms with Crippen molar-refractivity contribution in [3.05, 3.63) is 0 Å². The standard InChI is InChI=1S/C5H5Cl3N2/c6-5(7,8)3-10-2-4(10)1-9/h4H,2-3H2. The maximum Gasteiger partial charge on any atom is 0.203 e. The third kappa shape index (κ3) is 2.51. The van der Waals surface area contributed by atoms with Gasteiger partial charge in [0.25, 0.3) is 0 Å². The highest BCUT2D eigenvalue weighted by atomic mass is 35.6. The largest absolute Gasteiger partial charge is 0.280 e. The topological polar surface area (TPSA) is 26.8 Å². The van der Waals surface area contributed by atoms with E-state index in [1.54, 1.807) is 4.90 Å². The van der Waals surface area contributed by atoms with E-state index in [4.69, 9.17) is 40.1 Å². The quantitative estimate of drug-likeness (QED) is 0.473. The molecule has 0 aromatic heterocycles. The summed E-state index contributed by atoms with van der Waals surface area (Å²) in [5.74, 6) is 0. The van der Waals surface area contributed by atoms with E-state index in [0.29, 0.717) is 6.54 Å². The molecule has 0 spiro atoms. The first-order valence-corrected chi connectivity index (χ1v) is 3.87. The van der Waals surface area contributed by atoms with Crippen molar-refractivity contribution < 1.29 is 0 Å². The molecule has 0 aliphatic carbocycles. The van der Waals surface area contributed by atoms with Crippen molar-refractivity contribution in [2.45, 2.75) is 9.83 Å². The van der Waals surface area contributed by atoms with Gasteiger partial charge in [0, 0.05) is 13.1 Å². The monoisotopic (exact) mass is 198 g/mol. The molecular weight excluding hydrogens is 194 g/mol. The zero-order chi connectivity index (χ0) is 7.78. The average Bonchev–Trinajstić information content (AvgIpc) is 2.42. The maximum absolute atomic E-state index is 8.35. The van der Waals surface area contributed by atoms with Crippen LogP contribution in [0.1, 0.15) is 0 Å². The van der Waals surface area contributed by atoms with Gasteiger partial charge in [0.1, 0.15) is 6.04 Å². The molecule has 10 heavy (non-hydrogen) atoms. The van der Waals surface area contributed by atoms with Gasteiger partial charge in [0.05, 0.1) is 6.07 Å². The van der Waals surface area contributed by atoms with Crippen LogP contribution in [0.15, 0.2) is 0 Å². The lowest BCUT2D eigenvalue weighted by molar-refractivity contribution is 0.546. The molecule has 0 bridgehead atoms. The third-order valence-electron chi connectivity index (χ3n) is 1.25. The molecule has 1 heterocycles. The van der Waals surface area contributed by atoms with Gasteiger partial charge >= 0.3 is 0 Å². The van der Waals surface area contributed by atoms with Gasteiger partial charge in [-0.25, -0.2) is 0 Å². The van der Waals surface area contributed by atoms with E-state index >= 15 is 0 Å². The highest BCUT2D eigenvalue weighted by molar-refractivity contribution is 6.67. The van der Waals surface area contributed by atoms with Crippen LogP contribution in [-0.2, 0) is 0 Å². The molecule has 1 aliphatic heterocycles. The maximum atomic E-state index is 8.35. The number of hydrogen-bond acceptors (Lipinski definition) is 2. The fraction of sp³-hybridized carbons (Fsp3) is 0.800. The Morgan fingerprint density at radius 3 is 2.50 bits per heavy atom. The number of rotatable bonds is 1. The van der Waals surface area contributed by atoms with Crippen molar-refractivity contribution >= 4 is 34.8 Å². The van der Waals surface area contributed by atoms with E-state index in [2.05, 4.69) is 6.07 Å². The Morgan fingerprint density at radius 1 is 1.60 bits per heavy atom. The summed E-state index contributed by atoms with van der Waals surface area (Å²) in [6.07, 6.45) is 0. The first-order chi connectivity index (χ1) is 4.53.